The minimum Gasteiger partial charge on any atom is -0.334 e. The summed E-state index contributed by atoms with van der Waals surface area (Å²) in [6.45, 7) is 10.7. The van der Waals surface area contributed by atoms with Crippen LogP contribution < -0.4 is 0 Å². The Hall–Kier alpha value is -2.88. The number of benzene rings is 2. The molecule has 0 radical (unpaired) electrons. The van der Waals surface area contributed by atoms with Crippen molar-refractivity contribution in [3.05, 3.63) is 88.7 Å². The molecule has 4 heteroatoms. The number of hydrogen-bond acceptors (Lipinski definition) is 2. The molecule has 0 atom stereocenters. The monoisotopic (exact) mass is 403 g/mol. The van der Waals surface area contributed by atoms with Gasteiger partial charge in [-0.15, -0.1) is 0 Å². The lowest BCUT2D eigenvalue weighted by atomic mass is 10.1. The van der Waals surface area contributed by atoms with Gasteiger partial charge in [-0.1, -0.05) is 74.5 Å². The van der Waals surface area contributed by atoms with Gasteiger partial charge in [-0.2, -0.15) is 5.10 Å². The standard InChI is InChI=1S/C26H33N3O/c1-20(2)17-29-22(4)25(21(3)27-29)15-16-26(30)28(18-23-11-7-5-8-12-23)19-24-13-9-6-10-14-24/h5-14,20H,15-19H2,1-4H3. The van der Waals surface area contributed by atoms with Crippen molar-refractivity contribution in [2.75, 3.05) is 0 Å². The van der Waals surface area contributed by atoms with Gasteiger partial charge in [0.2, 0.25) is 5.91 Å². The molecule has 30 heavy (non-hydrogen) atoms. The van der Waals surface area contributed by atoms with Crippen LogP contribution in [0.4, 0.5) is 0 Å². The molecule has 3 rings (SSSR count). The SMILES string of the molecule is Cc1nn(CC(C)C)c(C)c1CCC(=O)N(Cc1ccccc1)Cc1ccccc1. The smallest absolute Gasteiger partial charge is 0.223 e. The first-order valence-electron chi connectivity index (χ1n) is 10.8. The van der Waals surface area contributed by atoms with Gasteiger partial charge < -0.3 is 4.90 Å². The first-order chi connectivity index (χ1) is 14.4. The second kappa shape index (κ2) is 10.2. The van der Waals surface area contributed by atoms with E-state index in [4.69, 9.17) is 5.10 Å². The lowest BCUT2D eigenvalue weighted by Crippen LogP contribution is -2.30. The lowest BCUT2D eigenvalue weighted by molar-refractivity contribution is -0.132. The molecule has 1 heterocycles. The van der Waals surface area contributed by atoms with Crippen molar-refractivity contribution < 1.29 is 4.79 Å². The summed E-state index contributed by atoms with van der Waals surface area (Å²) in [6.07, 6.45) is 1.23. The number of aromatic nitrogens is 2. The minimum atomic E-state index is 0.179. The minimum absolute atomic E-state index is 0.179. The molecule has 0 N–H and O–H groups in total. The van der Waals surface area contributed by atoms with Gasteiger partial charge in [0.05, 0.1) is 5.69 Å². The van der Waals surface area contributed by atoms with Crippen LogP contribution in [0.2, 0.25) is 0 Å². The zero-order chi connectivity index (χ0) is 21.5. The summed E-state index contributed by atoms with van der Waals surface area (Å²) in [6, 6.07) is 20.4. The van der Waals surface area contributed by atoms with Crippen molar-refractivity contribution in [2.45, 2.75) is 60.2 Å². The van der Waals surface area contributed by atoms with Crippen LogP contribution in [0, 0.1) is 19.8 Å². The second-order valence-corrected chi connectivity index (χ2v) is 8.45. The van der Waals surface area contributed by atoms with Gasteiger partial charge in [-0.3, -0.25) is 9.48 Å². The fourth-order valence-electron chi connectivity index (χ4n) is 3.85. The third kappa shape index (κ3) is 5.82. The van der Waals surface area contributed by atoms with E-state index in [-0.39, 0.29) is 5.91 Å². The summed E-state index contributed by atoms with van der Waals surface area (Å²) in [7, 11) is 0. The molecule has 0 bridgehead atoms. The number of aryl methyl sites for hydroxylation is 1. The molecular formula is C26H33N3O. The van der Waals surface area contributed by atoms with E-state index in [0.29, 0.717) is 25.4 Å². The molecular weight excluding hydrogens is 370 g/mol. The molecule has 0 aliphatic rings. The Morgan fingerprint density at radius 2 is 1.47 bits per heavy atom. The highest BCUT2D eigenvalue weighted by Crippen LogP contribution is 2.18. The number of hydrogen-bond donors (Lipinski definition) is 0. The zero-order valence-corrected chi connectivity index (χ0v) is 18.6. The Labute approximate surface area is 180 Å². The molecule has 0 spiro atoms. The summed E-state index contributed by atoms with van der Waals surface area (Å²) in [4.78, 5) is 15.2. The molecule has 0 unspecified atom stereocenters. The summed E-state index contributed by atoms with van der Waals surface area (Å²) < 4.78 is 2.09. The third-order valence-corrected chi connectivity index (χ3v) is 5.44. The number of amides is 1. The maximum atomic E-state index is 13.2. The van der Waals surface area contributed by atoms with Crippen LogP contribution in [0.15, 0.2) is 60.7 Å². The van der Waals surface area contributed by atoms with Gasteiger partial charge in [-0.25, -0.2) is 0 Å². The maximum Gasteiger partial charge on any atom is 0.223 e. The van der Waals surface area contributed by atoms with Gasteiger partial charge in [0.15, 0.2) is 0 Å². The highest BCUT2D eigenvalue weighted by atomic mass is 16.2. The largest absolute Gasteiger partial charge is 0.334 e. The van der Waals surface area contributed by atoms with Gasteiger partial charge in [0, 0.05) is 31.7 Å². The quantitative estimate of drug-likeness (QED) is 0.485. The normalized spacial score (nSPS) is 11.1. The highest BCUT2D eigenvalue weighted by Gasteiger charge is 2.18. The Morgan fingerprint density at radius 1 is 0.933 bits per heavy atom. The van der Waals surface area contributed by atoms with Gasteiger partial charge in [0.1, 0.15) is 0 Å². The van der Waals surface area contributed by atoms with Crippen LogP contribution in [0.5, 0.6) is 0 Å². The topological polar surface area (TPSA) is 38.1 Å². The van der Waals surface area contributed by atoms with Crippen LogP contribution >= 0.6 is 0 Å². The Kier molecular flexibility index (Phi) is 7.45. The van der Waals surface area contributed by atoms with Crippen molar-refractivity contribution in [3.63, 3.8) is 0 Å². The summed E-state index contributed by atoms with van der Waals surface area (Å²) in [5.41, 5.74) is 5.74. The van der Waals surface area contributed by atoms with Gasteiger partial charge in [0.25, 0.3) is 0 Å². The molecule has 0 fully saturated rings. The Balaban J connectivity index is 1.72. The molecule has 0 aliphatic heterocycles. The summed E-state index contributed by atoms with van der Waals surface area (Å²) >= 11 is 0. The van der Waals surface area contributed by atoms with Crippen molar-refractivity contribution in [1.29, 1.82) is 0 Å². The molecule has 3 aromatic rings. The Morgan fingerprint density at radius 3 is 1.97 bits per heavy atom. The second-order valence-electron chi connectivity index (χ2n) is 8.45. The van der Waals surface area contributed by atoms with E-state index in [1.807, 2.05) is 41.3 Å². The van der Waals surface area contributed by atoms with E-state index in [1.54, 1.807) is 0 Å². The molecule has 1 aromatic heterocycles. The van der Waals surface area contributed by atoms with E-state index in [0.717, 1.165) is 29.8 Å². The van der Waals surface area contributed by atoms with Crippen LogP contribution in [0.3, 0.4) is 0 Å². The molecule has 158 valence electrons. The summed E-state index contributed by atoms with van der Waals surface area (Å²) in [5, 5.41) is 4.70. The molecule has 0 saturated heterocycles. The fourth-order valence-corrected chi connectivity index (χ4v) is 3.85. The maximum absolute atomic E-state index is 13.2. The fraction of sp³-hybridized carbons (Fsp3) is 0.385. The van der Waals surface area contributed by atoms with Crippen molar-refractivity contribution in [2.24, 2.45) is 5.92 Å². The van der Waals surface area contributed by atoms with Crippen molar-refractivity contribution in [1.82, 2.24) is 14.7 Å². The van der Waals surface area contributed by atoms with Crippen molar-refractivity contribution in [3.8, 4) is 0 Å². The predicted octanol–water partition coefficient (Wildman–Crippen LogP) is 5.32. The first kappa shape index (κ1) is 21.8. The van der Waals surface area contributed by atoms with E-state index >= 15 is 0 Å². The zero-order valence-electron chi connectivity index (χ0n) is 18.6. The van der Waals surface area contributed by atoms with Gasteiger partial charge in [-0.05, 0) is 42.9 Å². The van der Waals surface area contributed by atoms with E-state index in [9.17, 15) is 4.79 Å². The van der Waals surface area contributed by atoms with E-state index in [2.05, 4.69) is 56.6 Å². The molecule has 2 aromatic carbocycles. The van der Waals surface area contributed by atoms with Crippen LogP contribution in [0.1, 0.15) is 48.3 Å². The van der Waals surface area contributed by atoms with Crippen LogP contribution in [-0.2, 0) is 30.8 Å². The van der Waals surface area contributed by atoms with Crippen LogP contribution in [0.25, 0.3) is 0 Å². The molecule has 4 nitrogen and oxygen atoms in total. The van der Waals surface area contributed by atoms with Crippen LogP contribution in [-0.4, -0.2) is 20.6 Å². The van der Waals surface area contributed by atoms with E-state index in [1.165, 1.54) is 11.3 Å². The average molecular weight is 404 g/mol. The predicted molar refractivity (Wildman–Crippen MR) is 122 cm³/mol. The molecule has 1 amide bonds. The number of carbonyl (C=O) groups excluding carboxylic acids is 1. The number of carbonyl (C=O) groups is 1. The Bertz CT molecular complexity index is 904. The highest BCUT2D eigenvalue weighted by molar-refractivity contribution is 5.76. The lowest BCUT2D eigenvalue weighted by Gasteiger charge is -2.23. The molecule has 0 aliphatic carbocycles. The third-order valence-electron chi connectivity index (χ3n) is 5.44. The molecule has 0 saturated carbocycles. The number of nitrogens with zero attached hydrogens (tertiary/aromatic N) is 3. The van der Waals surface area contributed by atoms with Crippen molar-refractivity contribution >= 4 is 5.91 Å². The van der Waals surface area contributed by atoms with Gasteiger partial charge >= 0.3 is 0 Å². The number of rotatable bonds is 9. The first-order valence-corrected chi connectivity index (χ1v) is 10.8. The summed E-state index contributed by atoms with van der Waals surface area (Å²) in [5.74, 6) is 0.725. The van der Waals surface area contributed by atoms with E-state index < -0.39 is 0 Å². The average Bonchev–Trinajstić information content (AvgIpc) is 2.99.